The summed E-state index contributed by atoms with van der Waals surface area (Å²) < 4.78 is 0. The van der Waals surface area contributed by atoms with Gasteiger partial charge in [0.2, 0.25) is 0 Å². The molecule has 0 aromatic heterocycles. The number of nitrogens with zero attached hydrogens (tertiary/aromatic N) is 2. The van der Waals surface area contributed by atoms with E-state index in [2.05, 4.69) is 188 Å². The fourth-order valence-electron chi connectivity index (χ4n) is 8.53. The van der Waals surface area contributed by atoms with E-state index in [1.54, 1.807) is 0 Å². The van der Waals surface area contributed by atoms with E-state index in [-0.39, 0.29) is 0 Å². The van der Waals surface area contributed by atoms with Crippen molar-refractivity contribution in [2.45, 2.75) is 12.8 Å². The van der Waals surface area contributed by atoms with Crippen molar-refractivity contribution in [3.8, 4) is 0 Å². The Morgan fingerprint density at radius 2 is 1.24 bits per heavy atom. The van der Waals surface area contributed by atoms with Gasteiger partial charge < -0.3 is 0 Å². The zero-order chi connectivity index (χ0) is 33.1. The van der Waals surface area contributed by atoms with E-state index in [1.165, 1.54) is 76.8 Å². The van der Waals surface area contributed by atoms with E-state index in [1.807, 2.05) is 0 Å². The number of allylic oxidation sites excluding steroid dienone is 2. The minimum absolute atomic E-state index is 0.925. The van der Waals surface area contributed by atoms with E-state index in [9.17, 15) is 0 Å². The van der Waals surface area contributed by atoms with Crippen molar-refractivity contribution in [1.82, 2.24) is 0 Å². The Hall–Kier alpha value is -4.74. The second-order valence-electron chi connectivity index (χ2n) is 13.5. The molecule has 6 aromatic rings. The molecule has 6 aromatic carbocycles. The van der Waals surface area contributed by atoms with Gasteiger partial charge in [-0.05, 0) is 0 Å². The summed E-state index contributed by atoms with van der Waals surface area (Å²) in [6.07, 6.45) is 11.3. The summed E-state index contributed by atoms with van der Waals surface area (Å²) in [5.41, 5.74) is 10.8. The number of hydrogen-bond donors (Lipinski definition) is 0. The average Bonchev–Trinajstić information content (AvgIpc) is 3.85. The van der Waals surface area contributed by atoms with Crippen LogP contribution in [-0.4, -0.2) is 20.8 Å². The predicted molar refractivity (Wildman–Crippen MR) is 219 cm³/mol. The van der Waals surface area contributed by atoms with Crippen LogP contribution in [-0.2, 0) is 12.8 Å². The number of benzene rings is 6. The van der Waals surface area contributed by atoms with Crippen molar-refractivity contribution in [2.24, 2.45) is 0 Å². The van der Waals surface area contributed by atoms with Gasteiger partial charge in [-0.2, -0.15) is 0 Å². The zero-order valence-electron chi connectivity index (χ0n) is 28.3. The normalized spacial score (nSPS) is 17.5. The third kappa shape index (κ3) is 4.69. The summed E-state index contributed by atoms with van der Waals surface area (Å²) in [4.78, 5) is 5.11. The van der Waals surface area contributed by atoms with Gasteiger partial charge in [-0.25, -0.2) is 0 Å². The monoisotopic (exact) mass is 670 g/mol. The van der Waals surface area contributed by atoms with Crippen molar-refractivity contribution < 1.29 is 0 Å². The SMILES string of the molecule is CN1c2ccccc2P(c2ccccc2)c2ccc3c(c2N(C)c2c(ccc4c2CC=C4)[PH](C)(c2ccccc2)c2ccccc21)C=CC3. The number of rotatable bonds is 2. The molecule has 240 valence electrons. The van der Waals surface area contributed by atoms with E-state index >= 15 is 0 Å². The molecule has 2 aliphatic carbocycles. The van der Waals surface area contributed by atoms with Crippen LogP contribution >= 0.6 is 15.2 Å². The Balaban J connectivity index is 1.47. The van der Waals surface area contributed by atoms with Crippen LogP contribution in [0.1, 0.15) is 22.3 Å². The number of hydrogen-bond acceptors (Lipinski definition) is 2. The number of anilines is 4. The van der Waals surface area contributed by atoms with Crippen molar-refractivity contribution in [3.05, 3.63) is 168 Å². The van der Waals surface area contributed by atoms with Gasteiger partial charge in [0.25, 0.3) is 0 Å². The summed E-state index contributed by atoms with van der Waals surface area (Å²) in [6.45, 7) is 2.58. The molecule has 3 aliphatic rings. The van der Waals surface area contributed by atoms with Gasteiger partial charge in [0.1, 0.15) is 0 Å². The second kappa shape index (κ2) is 12.0. The van der Waals surface area contributed by atoms with Gasteiger partial charge in [0.15, 0.2) is 0 Å². The van der Waals surface area contributed by atoms with Gasteiger partial charge in [0.05, 0.1) is 0 Å². The van der Waals surface area contributed by atoms with Gasteiger partial charge in [-0.3, -0.25) is 0 Å². The molecule has 4 heteroatoms. The van der Waals surface area contributed by atoms with E-state index in [4.69, 9.17) is 0 Å². The molecule has 9 rings (SSSR count). The molecule has 0 bridgehead atoms. The predicted octanol–water partition coefficient (Wildman–Crippen LogP) is 8.09. The van der Waals surface area contributed by atoms with Crippen LogP contribution in [0.2, 0.25) is 0 Å². The first kappa shape index (κ1) is 30.3. The summed E-state index contributed by atoms with van der Waals surface area (Å²) in [5, 5.41) is 8.47. The maximum atomic E-state index is 2.62. The molecule has 49 heavy (non-hydrogen) atoms. The minimum atomic E-state index is -2.63. The van der Waals surface area contributed by atoms with Gasteiger partial charge in [0, 0.05) is 0 Å². The Labute approximate surface area is 292 Å². The van der Waals surface area contributed by atoms with Crippen LogP contribution < -0.4 is 41.6 Å². The van der Waals surface area contributed by atoms with Gasteiger partial charge in [-0.15, -0.1) is 0 Å². The summed E-state index contributed by atoms with van der Waals surface area (Å²) >= 11 is 0. The quantitative estimate of drug-likeness (QED) is 0.172. The van der Waals surface area contributed by atoms with Crippen molar-refractivity contribution >= 4 is 81.9 Å². The van der Waals surface area contributed by atoms with E-state index in [0.717, 1.165) is 12.8 Å². The molecule has 1 unspecified atom stereocenters. The van der Waals surface area contributed by atoms with Crippen LogP contribution in [0.3, 0.4) is 0 Å². The molecule has 0 saturated heterocycles. The molecule has 0 saturated carbocycles. The summed E-state index contributed by atoms with van der Waals surface area (Å²) in [7, 11) is 1.09. The van der Waals surface area contributed by atoms with Gasteiger partial charge >= 0.3 is 293 Å². The summed E-state index contributed by atoms with van der Waals surface area (Å²) in [5.74, 6) is 0. The molecule has 1 aliphatic heterocycles. The van der Waals surface area contributed by atoms with Crippen LogP contribution in [0.4, 0.5) is 22.7 Å². The van der Waals surface area contributed by atoms with Gasteiger partial charge in [-0.1, -0.05) is 0 Å². The second-order valence-corrected chi connectivity index (χ2v) is 19.6. The Kier molecular flexibility index (Phi) is 7.42. The van der Waals surface area contributed by atoms with Crippen LogP contribution in [0.25, 0.3) is 12.2 Å². The first-order chi connectivity index (χ1) is 24.1. The van der Waals surface area contributed by atoms with Crippen LogP contribution in [0, 0.1) is 0 Å². The van der Waals surface area contributed by atoms with Crippen molar-refractivity contribution in [3.63, 3.8) is 0 Å². The average molecular weight is 671 g/mol. The Morgan fingerprint density at radius 3 is 2.06 bits per heavy atom. The Bertz CT molecular complexity index is 2290. The molecular weight excluding hydrogens is 630 g/mol. The molecule has 0 N–H and O–H groups in total. The molecular formula is C45H40N2P2. The maximum absolute atomic E-state index is 2.63. The van der Waals surface area contributed by atoms with Crippen molar-refractivity contribution in [1.29, 1.82) is 0 Å². The summed E-state index contributed by atoms with van der Waals surface area (Å²) in [6, 6.07) is 50.7. The molecule has 0 radical (unpaired) electrons. The molecule has 0 spiro atoms. The molecule has 2 nitrogen and oxygen atoms in total. The molecule has 1 atom stereocenters. The fourth-order valence-corrected chi connectivity index (χ4v) is 15.4. The Morgan fingerprint density at radius 1 is 0.551 bits per heavy atom. The van der Waals surface area contributed by atoms with Crippen LogP contribution in [0.15, 0.2) is 146 Å². The topological polar surface area (TPSA) is 6.48 Å². The van der Waals surface area contributed by atoms with Crippen molar-refractivity contribution in [2.75, 3.05) is 30.6 Å². The number of para-hydroxylation sites is 2. The van der Waals surface area contributed by atoms with E-state index in [0.29, 0.717) is 0 Å². The first-order valence-electron chi connectivity index (χ1n) is 17.3. The first-order valence-corrected chi connectivity index (χ1v) is 21.1. The van der Waals surface area contributed by atoms with Crippen LogP contribution in [0.5, 0.6) is 0 Å². The standard InChI is InChI=1S/C45H40N2P2/c1-46-38-24-10-12-26-40(38)48(34-18-6-4-7-19-34)41-30-28-32-16-14-22-36(32)44(41)47(2)45-37-23-15-17-33(37)29-31-43(45)49(3,35-20-8-5-9-21-35)42-27-13-11-25-39(42)46/h4-15,17-22,24-31,49H,16,23H2,1-3H3. The molecule has 0 fully saturated rings. The third-order valence-electron chi connectivity index (χ3n) is 11.0. The molecule has 0 amide bonds. The van der Waals surface area contributed by atoms with E-state index < -0.39 is 15.2 Å². The zero-order valence-corrected chi connectivity index (χ0v) is 30.2. The molecule has 1 heterocycles. The fraction of sp³-hybridized carbons (Fsp3) is 0.111. The third-order valence-corrected chi connectivity index (χ3v) is 17.9. The number of fused-ring (bicyclic) bond motifs is 8.